The average molecular weight is 194 g/mol. The maximum Gasteiger partial charge on any atom is 0.124 e. The highest BCUT2D eigenvalue weighted by molar-refractivity contribution is 7.20. The molecule has 2 rings (SSSR count). The van der Waals surface area contributed by atoms with E-state index in [1.165, 1.54) is 11.3 Å². The molecule has 0 bridgehead atoms. The smallest absolute Gasteiger partial charge is 0.124 e. The van der Waals surface area contributed by atoms with Crippen molar-refractivity contribution in [1.29, 1.82) is 5.26 Å². The molecule has 3 heteroatoms. The van der Waals surface area contributed by atoms with Gasteiger partial charge < -0.3 is 0 Å². The zero-order valence-corrected chi connectivity index (χ0v) is 7.62. The van der Waals surface area contributed by atoms with Crippen molar-refractivity contribution in [2.24, 2.45) is 0 Å². The molecular weight excluding hydrogens is 190 g/mol. The molecule has 12 heavy (non-hydrogen) atoms. The molecule has 1 aromatic carbocycles. The Bertz CT molecular complexity index is 467. The number of hydrogen-bond donors (Lipinski definition) is 0. The third-order valence-corrected chi connectivity index (χ3v) is 3.22. The lowest BCUT2D eigenvalue weighted by Crippen LogP contribution is -1.63. The number of nitriles is 1. The molecule has 0 fully saturated rings. The van der Waals surface area contributed by atoms with Gasteiger partial charge in [-0.15, -0.1) is 11.3 Å². The highest BCUT2D eigenvalue weighted by Crippen LogP contribution is 2.34. The minimum Gasteiger partial charge on any atom is -0.191 e. The van der Waals surface area contributed by atoms with Crippen LogP contribution in [0.15, 0.2) is 24.3 Å². The van der Waals surface area contributed by atoms with Crippen molar-refractivity contribution >= 4 is 33.0 Å². The number of thiophene rings is 1. The summed E-state index contributed by atoms with van der Waals surface area (Å²) < 4.78 is 1.07. The summed E-state index contributed by atoms with van der Waals surface area (Å²) in [5.74, 6) is 0. The van der Waals surface area contributed by atoms with E-state index in [9.17, 15) is 0 Å². The molecule has 1 heterocycles. The first-order chi connectivity index (χ1) is 5.83. The third-order valence-electron chi connectivity index (χ3n) is 1.64. The van der Waals surface area contributed by atoms with Crippen molar-refractivity contribution in [3.8, 4) is 6.07 Å². The summed E-state index contributed by atoms with van der Waals surface area (Å²) in [5, 5.41) is 10.2. The van der Waals surface area contributed by atoms with Gasteiger partial charge in [-0.2, -0.15) is 5.26 Å². The molecule has 58 valence electrons. The predicted octanol–water partition coefficient (Wildman–Crippen LogP) is 3.43. The Morgan fingerprint density at radius 3 is 2.75 bits per heavy atom. The van der Waals surface area contributed by atoms with Gasteiger partial charge in [0.25, 0.3) is 0 Å². The fourth-order valence-electron chi connectivity index (χ4n) is 1.09. The lowest BCUT2D eigenvalue weighted by molar-refractivity contribution is 1.52. The maximum atomic E-state index is 8.70. The first-order valence-corrected chi connectivity index (χ1v) is 4.59. The number of rotatable bonds is 0. The molecule has 0 saturated carbocycles. The zero-order valence-electron chi connectivity index (χ0n) is 6.04. The summed E-state index contributed by atoms with van der Waals surface area (Å²) in [6.45, 7) is 0. The lowest BCUT2D eigenvalue weighted by Gasteiger charge is -1.85. The Balaban J connectivity index is 2.90. The average Bonchev–Trinajstić information content (AvgIpc) is 2.44. The van der Waals surface area contributed by atoms with Crippen LogP contribution in [0.2, 0.25) is 5.02 Å². The van der Waals surface area contributed by atoms with E-state index < -0.39 is 0 Å². The van der Waals surface area contributed by atoms with Crippen LogP contribution >= 0.6 is 22.9 Å². The molecule has 2 aromatic rings. The summed E-state index contributed by atoms with van der Waals surface area (Å²) in [6, 6.07) is 9.82. The van der Waals surface area contributed by atoms with Crippen LogP contribution < -0.4 is 0 Å². The van der Waals surface area contributed by atoms with Gasteiger partial charge >= 0.3 is 0 Å². The minimum absolute atomic E-state index is 0.582. The van der Waals surface area contributed by atoms with E-state index in [0.29, 0.717) is 9.90 Å². The van der Waals surface area contributed by atoms with Crippen LogP contribution in [0, 0.1) is 11.3 Å². The summed E-state index contributed by atoms with van der Waals surface area (Å²) in [7, 11) is 0. The molecule has 0 aliphatic heterocycles. The number of fused-ring (bicyclic) bond motifs is 1. The molecule has 0 aliphatic carbocycles. The molecule has 0 unspecified atom stereocenters. The Labute approximate surface area is 78.8 Å². The van der Waals surface area contributed by atoms with Crippen LogP contribution in [0.25, 0.3) is 10.1 Å². The van der Waals surface area contributed by atoms with Crippen LogP contribution in [0.4, 0.5) is 0 Å². The van der Waals surface area contributed by atoms with E-state index in [1.807, 2.05) is 24.3 Å². The van der Waals surface area contributed by atoms with Crippen LogP contribution in [-0.2, 0) is 0 Å². The first-order valence-electron chi connectivity index (χ1n) is 3.40. The molecule has 0 spiro atoms. The molecule has 0 saturated heterocycles. The first kappa shape index (κ1) is 7.60. The van der Waals surface area contributed by atoms with Gasteiger partial charge in [0.2, 0.25) is 0 Å². The SMILES string of the molecule is N#Cc1sc2ccccc2c1Cl. The zero-order chi connectivity index (χ0) is 8.55. The van der Waals surface area contributed by atoms with E-state index >= 15 is 0 Å². The number of hydrogen-bond acceptors (Lipinski definition) is 2. The number of nitrogens with zero attached hydrogens (tertiary/aromatic N) is 1. The van der Waals surface area contributed by atoms with Gasteiger partial charge in [-0.1, -0.05) is 29.8 Å². The van der Waals surface area contributed by atoms with Gasteiger partial charge in [0.15, 0.2) is 0 Å². The highest BCUT2D eigenvalue weighted by Gasteiger charge is 2.07. The van der Waals surface area contributed by atoms with E-state index in [0.717, 1.165) is 10.1 Å². The monoisotopic (exact) mass is 193 g/mol. The standard InChI is InChI=1S/C9H4ClNS/c10-9-6-3-1-2-4-7(6)12-8(9)5-11/h1-4H. The number of halogens is 1. The molecular formula is C9H4ClNS. The Hall–Kier alpha value is -1.04. The van der Waals surface area contributed by atoms with E-state index in [-0.39, 0.29) is 0 Å². The molecule has 0 atom stereocenters. The molecule has 1 nitrogen and oxygen atoms in total. The van der Waals surface area contributed by atoms with Crippen LogP contribution in [-0.4, -0.2) is 0 Å². The molecule has 0 aliphatic rings. The third kappa shape index (κ3) is 0.989. The van der Waals surface area contributed by atoms with Crippen molar-refractivity contribution in [2.45, 2.75) is 0 Å². The van der Waals surface area contributed by atoms with Crippen molar-refractivity contribution in [2.75, 3.05) is 0 Å². The largest absolute Gasteiger partial charge is 0.191 e. The fourth-order valence-corrected chi connectivity index (χ4v) is 2.36. The summed E-state index contributed by atoms with van der Waals surface area (Å²) >= 11 is 7.38. The van der Waals surface area contributed by atoms with Crippen molar-refractivity contribution < 1.29 is 0 Å². The highest BCUT2D eigenvalue weighted by atomic mass is 35.5. The number of benzene rings is 1. The van der Waals surface area contributed by atoms with Crippen LogP contribution in [0.3, 0.4) is 0 Å². The second-order valence-corrected chi connectivity index (χ2v) is 3.78. The van der Waals surface area contributed by atoms with Gasteiger partial charge in [0.05, 0.1) is 5.02 Å². The molecule has 0 amide bonds. The summed E-state index contributed by atoms with van der Waals surface area (Å²) in [6.07, 6.45) is 0. The predicted molar refractivity (Wildman–Crippen MR) is 51.6 cm³/mol. The van der Waals surface area contributed by atoms with E-state index in [4.69, 9.17) is 16.9 Å². The Morgan fingerprint density at radius 2 is 2.08 bits per heavy atom. The second-order valence-electron chi connectivity index (χ2n) is 2.35. The second kappa shape index (κ2) is 2.78. The fraction of sp³-hybridized carbons (Fsp3) is 0. The van der Waals surface area contributed by atoms with E-state index in [2.05, 4.69) is 6.07 Å². The van der Waals surface area contributed by atoms with Crippen molar-refractivity contribution in [3.05, 3.63) is 34.2 Å². The van der Waals surface area contributed by atoms with Gasteiger partial charge in [0.1, 0.15) is 10.9 Å². The topological polar surface area (TPSA) is 23.8 Å². The normalized spacial score (nSPS) is 10.0. The minimum atomic E-state index is 0.582. The van der Waals surface area contributed by atoms with Gasteiger partial charge in [0, 0.05) is 10.1 Å². The lowest BCUT2D eigenvalue weighted by atomic mass is 10.2. The summed E-state index contributed by atoms with van der Waals surface area (Å²) in [5.41, 5.74) is 0. The van der Waals surface area contributed by atoms with Gasteiger partial charge in [-0.05, 0) is 6.07 Å². The van der Waals surface area contributed by atoms with Gasteiger partial charge in [-0.3, -0.25) is 0 Å². The van der Waals surface area contributed by atoms with Crippen LogP contribution in [0.1, 0.15) is 4.88 Å². The quantitative estimate of drug-likeness (QED) is 0.629. The van der Waals surface area contributed by atoms with Gasteiger partial charge in [-0.25, -0.2) is 0 Å². The molecule has 1 aromatic heterocycles. The van der Waals surface area contributed by atoms with Crippen molar-refractivity contribution in [1.82, 2.24) is 0 Å². The maximum absolute atomic E-state index is 8.70. The van der Waals surface area contributed by atoms with E-state index in [1.54, 1.807) is 0 Å². The Kier molecular flexibility index (Phi) is 1.76. The Morgan fingerprint density at radius 1 is 1.33 bits per heavy atom. The van der Waals surface area contributed by atoms with Crippen LogP contribution in [0.5, 0.6) is 0 Å². The van der Waals surface area contributed by atoms with Crippen molar-refractivity contribution in [3.63, 3.8) is 0 Å². The molecule has 0 N–H and O–H groups in total. The molecule has 0 radical (unpaired) electrons. The summed E-state index contributed by atoms with van der Waals surface area (Å²) in [4.78, 5) is 0.595.